The summed E-state index contributed by atoms with van der Waals surface area (Å²) in [6.45, 7) is 0. The maximum atomic E-state index is 12.7. The Bertz CT molecular complexity index is 1190. The number of amides is 1. The van der Waals surface area contributed by atoms with E-state index in [9.17, 15) is 4.79 Å². The first-order valence-electron chi connectivity index (χ1n) is 8.32. The van der Waals surface area contributed by atoms with Crippen LogP contribution in [0.15, 0.2) is 68.8 Å². The first kappa shape index (κ1) is 18.5. The van der Waals surface area contributed by atoms with E-state index in [1.807, 2.05) is 42.5 Å². The molecule has 0 aliphatic rings. The highest BCUT2D eigenvalue weighted by Crippen LogP contribution is 2.26. The van der Waals surface area contributed by atoms with E-state index < -0.39 is 5.91 Å². The van der Waals surface area contributed by atoms with Gasteiger partial charge in [-0.3, -0.25) is 4.79 Å². The van der Waals surface area contributed by atoms with Gasteiger partial charge in [0.25, 0.3) is 5.91 Å². The fourth-order valence-electron chi connectivity index (χ4n) is 2.58. The Labute approximate surface area is 172 Å². The number of anilines is 1. The molecule has 0 atom stereocenters. The van der Waals surface area contributed by atoms with Gasteiger partial charge in [-0.1, -0.05) is 63.6 Å². The number of aromatic nitrogens is 5. The van der Waals surface area contributed by atoms with E-state index in [1.165, 1.54) is 10.9 Å². The van der Waals surface area contributed by atoms with E-state index in [0.717, 1.165) is 10.0 Å². The van der Waals surface area contributed by atoms with E-state index in [4.69, 9.17) is 5.73 Å². The van der Waals surface area contributed by atoms with E-state index in [0.29, 0.717) is 11.3 Å². The summed E-state index contributed by atoms with van der Waals surface area (Å²) in [5.74, 6) is -0.392. The molecule has 3 N–H and O–H groups in total. The molecule has 0 fully saturated rings. The molecule has 0 saturated carbocycles. The van der Waals surface area contributed by atoms with Crippen molar-refractivity contribution in [1.82, 2.24) is 30.7 Å². The quantitative estimate of drug-likeness (QED) is 0.350. The molecule has 4 rings (SSSR count). The highest BCUT2D eigenvalue weighted by Gasteiger charge is 2.24. The summed E-state index contributed by atoms with van der Waals surface area (Å²) < 4.78 is 6.85. The number of carbonyl (C=O) groups is 1. The van der Waals surface area contributed by atoms with Crippen LogP contribution in [0.2, 0.25) is 0 Å². The Balaban J connectivity index is 1.67. The van der Waals surface area contributed by atoms with E-state index in [2.05, 4.69) is 51.7 Å². The molecular formula is C18H13BrN8O2. The van der Waals surface area contributed by atoms with Crippen LogP contribution >= 0.6 is 15.9 Å². The van der Waals surface area contributed by atoms with E-state index in [1.54, 1.807) is 12.1 Å². The fourth-order valence-corrected chi connectivity index (χ4v) is 3.00. The second-order valence-corrected chi connectivity index (χ2v) is 6.71. The van der Waals surface area contributed by atoms with Crippen LogP contribution in [0.3, 0.4) is 0 Å². The molecule has 2 aromatic carbocycles. The van der Waals surface area contributed by atoms with Crippen LogP contribution in [0.4, 0.5) is 5.82 Å². The predicted octanol–water partition coefficient (Wildman–Crippen LogP) is 2.43. The Hall–Kier alpha value is -3.86. The van der Waals surface area contributed by atoms with Crippen molar-refractivity contribution in [3.8, 4) is 17.1 Å². The summed E-state index contributed by atoms with van der Waals surface area (Å²) in [6.07, 6.45) is 1.52. The van der Waals surface area contributed by atoms with Crippen LogP contribution in [0, 0.1) is 0 Å². The number of nitrogen functional groups attached to an aromatic ring is 1. The number of hydrazone groups is 1. The second kappa shape index (κ2) is 8.02. The van der Waals surface area contributed by atoms with Crippen LogP contribution in [-0.2, 0) is 0 Å². The molecule has 0 aliphatic carbocycles. The third kappa shape index (κ3) is 3.89. The van der Waals surface area contributed by atoms with Crippen molar-refractivity contribution in [3.63, 3.8) is 0 Å². The lowest BCUT2D eigenvalue weighted by molar-refractivity contribution is 0.0950. The Morgan fingerprint density at radius 3 is 2.72 bits per heavy atom. The first-order chi connectivity index (χ1) is 14.1. The van der Waals surface area contributed by atoms with Gasteiger partial charge in [0.2, 0.25) is 11.6 Å². The zero-order valence-electron chi connectivity index (χ0n) is 14.7. The summed E-state index contributed by atoms with van der Waals surface area (Å²) in [7, 11) is 0. The lowest BCUT2D eigenvalue weighted by atomic mass is 10.1. The van der Waals surface area contributed by atoms with Gasteiger partial charge in [-0.05, 0) is 28.0 Å². The van der Waals surface area contributed by atoms with Gasteiger partial charge in [0.15, 0.2) is 5.69 Å². The van der Waals surface area contributed by atoms with Crippen LogP contribution in [0.1, 0.15) is 16.1 Å². The predicted molar refractivity (Wildman–Crippen MR) is 108 cm³/mol. The molecule has 0 spiro atoms. The SMILES string of the molecule is Nc1nonc1-n1nnc(C(=O)N/N=C\c2cccc(Br)c2)c1-c1ccccc1. The van der Waals surface area contributed by atoms with Crippen molar-refractivity contribution < 1.29 is 9.42 Å². The number of hydrogen-bond donors (Lipinski definition) is 2. The number of nitrogens with two attached hydrogens (primary N) is 1. The van der Waals surface area contributed by atoms with Crippen LogP contribution in [0.25, 0.3) is 17.1 Å². The van der Waals surface area contributed by atoms with Crippen molar-refractivity contribution in [1.29, 1.82) is 0 Å². The van der Waals surface area contributed by atoms with Crippen LogP contribution < -0.4 is 11.2 Å². The smallest absolute Gasteiger partial charge is 0.294 e. The highest BCUT2D eigenvalue weighted by atomic mass is 79.9. The molecule has 4 aromatic rings. The summed E-state index contributed by atoms with van der Waals surface area (Å²) in [4.78, 5) is 12.7. The average molecular weight is 453 g/mol. The summed E-state index contributed by atoms with van der Waals surface area (Å²) in [6, 6.07) is 16.6. The van der Waals surface area contributed by atoms with Gasteiger partial charge in [-0.2, -0.15) is 9.78 Å². The largest absolute Gasteiger partial charge is 0.378 e. The molecule has 0 radical (unpaired) electrons. The van der Waals surface area contributed by atoms with Crippen molar-refractivity contribution in [2.45, 2.75) is 0 Å². The molecule has 29 heavy (non-hydrogen) atoms. The molecule has 11 heteroatoms. The van der Waals surface area contributed by atoms with Gasteiger partial charge in [0.05, 0.1) is 6.21 Å². The number of nitrogens with zero attached hydrogens (tertiary/aromatic N) is 6. The fraction of sp³-hybridized carbons (Fsp3) is 0. The minimum Gasteiger partial charge on any atom is -0.378 e. The molecule has 0 saturated heterocycles. The number of nitrogens with one attached hydrogen (secondary N) is 1. The number of halogens is 1. The zero-order chi connectivity index (χ0) is 20.2. The van der Waals surface area contributed by atoms with Crippen molar-refractivity contribution in [3.05, 3.63) is 70.3 Å². The molecule has 10 nitrogen and oxygen atoms in total. The highest BCUT2D eigenvalue weighted by molar-refractivity contribution is 9.10. The van der Waals surface area contributed by atoms with Gasteiger partial charge in [-0.25, -0.2) is 10.1 Å². The first-order valence-corrected chi connectivity index (χ1v) is 9.11. The van der Waals surface area contributed by atoms with Crippen molar-refractivity contribution in [2.24, 2.45) is 5.10 Å². The maximum absolute atomic E-state index is 12.7. The molecule has 2 heterocycles. The molecule has 2 aromatic heterocycles. The number of rotatable bonds is 5. The normalized spacial score (nSPS) is 11.1. The second-order valence-electron chi connectivity index (χ2n) is 5.79. The number of hydrogen-bond acceptors (Lipinski definition) is 8. The molecule has 0 aliphatic heterocycles. The van der Waals surface area contributed by atoms with Crippen LogP contribution in [-0.4, -0.2) is 37.4 Å². The zero-order valence-corrected chi connectivity index (χ0v) is 16.3. The van der Waals surface area contributed by atoms with Gasteiger partial charge < -0.3 is 5.73 Å². The monoisotopic (exact) mass is 452 g/mol. The van der Waals surface area contributed by atoms with Crippen LogP contribution in [0.5, 0.6) is 0 Å². The summed E-state index contributed by atoms with van der Waals surface area (Å²) in [5, 5.41) is 19.3. The van der Waals surface area contributed by atoms with Gasteiger partial charge in [0.1, 0.15) is 5.69 Å². The standard InChI is InChI=1S/C18H13BrN8O2/c19-13-8-4-5-11(9-13)10-21-23-18(28)14-15(12-6-2-1-3-7-12)27(26-22-14)17-16(20)24-29-25-17/h1-10H,(H2,20,24)(H,23,28)/b21-10-. The Morgan fingerprint density at radius 1 is 1.17 bits per heavy atom. The minimum atomic E-state index is -0.545. The Kier molecular flexibility index (Phi) is 5.12. The van der Waals surface area contributed by atoms with E-state index in [-0.39, 0.29) is 17.3 Å². The van der Waals surface area contributed by atoms with E-state index >= 15 is 0 Å². The molecular weight excluding hydrogens is 440 g/mol. The third-order valence-corrected chi connectivity index (χ3v) is 4.35. The van der Waals surface area contributed by atoms with Crippen molar-refractivity contribution >= 4 is 33.9 Å². The summed E-state index contributed by atoms with van der Waals surface area (Å²) >= 11 is 3.38. The van der Waals surface area contributed by atoms with Gasteiger partial charge in [0, 0.05) is 10.0 Å². The topological polar surface area (TPSA) is 137 Å². The molecule has 0 unspecified atom stereocenters. The maximum Gasteiger partial charge on any atom is 0.294 e. The lowest BCUT2D eigenvalue weighted by Crippen LogP contribution is -2.19. The van der Waals surface area contributed by atoms with Gasteiger partial charge in [-0.15, -0.1) is 5.10 Å². The van der Waals surface area contributed by atoms with Gasteiger partial charge >= 0.3 is 0 Å². The van der Waals surface area contributed by atoms with Crippen molar-refractivity contribution in [2.75, 3.05) is 5.73 Å². The average Bonchev–Trinajstić information content (AvgIpc) is 3.34. The molecule has 0 bridgehead atoms. The molecule has 144 valence electrons. The number of carbonyl (C=O) groups excluding carboxylic acids is 1. The lowest BCUT2D eigenvalue weighted by Gasteiger charge is -2.05. The summed E-state index contributed by atoms with van der Waals surface area (Å²) in [5.41, 5.74) is 10.2. The minimum absolute atomic E-state index is 0.0201. The number of benzene rings is 2. The third-order valence-electron chi connectivity index (χ3n) is 3.86. The molecule has 1 amide bonds. The Morgan fingerprint density at radius 2 is 2.00 bits per heavy atom.